The summed E-state index contributed by atoms with van der Waals surface area (Å²) in [5.74, 6) is 1.51. The predicted octanol–water partition coefficient (Wildman–Crippen LogP) is 4.71. The molecule has 1 N–H and O–H groups in total. The van der Waals surface area contributed by atoms with Gasteiger partial charge in [0.05, 0.1) is 18.3 Å². The molecule has 1 aliphatic rings. The van der Waals surface area contributed by atoms with Crippen LogP contribution in [0.2, 0.25) is 0 Å². The molecule has 0 unspecified atom stereocenters. The minimum Gasteiger partial charge on any atom is -0.354 e. The Hall–Kier alpha value is -3.18. The van der Waals surface area contributed by atoms with E-state index in [-0.39, 0.29) is 5.91 Å². The highest BCUT2D eigenvalue weighted by Gasteiger charge is 2.18. The number of nitrogens with one attached hydrogen (secondary N) is 1. The zero-order chi connectivity index (χ0) is 22.3. The SMILES string of the molecule is CC(C)c1ccc(CN2CCN(c3ccc(NC(=O)Cc4ccccc4)cn3)CC2)cc1. The van der Waals surface area contributed by atoms with Crippen molar-refractivity contribution >= 4 is 17.4 Å². The van der Waals surface area contributed by atoms with Gasteiger partial charge in [-0.15, -0.1) is 0 Å². The van der Waals surface area contributed by atoms with Gasteiger partial charge in [-0.05, 0) is 34.7 Å². The standard InChI is InChI=1S/C27H32N4O/c1-21(2)24-10-8-23(9-11-24)20-30-14-16-31(17-15-30)26-13-12-25(19-28-26)29-27(32)18-22-6-4-3-5-7-22/h3-13,19,21H,14-18,20H2,1-2H3,(H,29,32). The van der Waals surface area contributed by atoms with Crippen LogP contribution in [0.5, 0.6) is 0 Å². The summed E-state index contributed by atoms with van der Waals surface area (Å²) in [6, 6.07) is 22.7. The third-order valence-corrected chi connectivity index (χ3v) is 5.99. The van der Waals surface area contributed by atoms with Crippen LogP contribution in [0.25, 0.3) is 0 Å². The summed E-state index contributed by atoms with van der Waals surface area (Å²) in [5, 5.41) is 2.94. The van der Waals surface area contributed by atoms with Gasteiger partial charge in [0.1, 0.15) is 5.82 Å². The van der Waals surface area contributed by atoms with Crippen molar-refractivity contribution in [2.45, 2.75) is 32.7 Å². The second-order valence-electron chi connectivity index (χ2n) is 8.78. The van der Waals surface area contributed by atoms with Gasteiger partial charge in [-0.3, -0.25) is 9.69 Å². The summed E-state index contributed by atoms with van der Waals surface area (Å²) in [6.45, 7) is 9.40. The van der Waals surface area contributed by atoms with Crippen LogP contribution < -0.4 is 10.2 Å². The molecule has 32 heavy (non-hydrogen) atoms. The van der Waals surface area contributed by atoms with Crippen LogP contribution >= 0.6 is 0 Å². The monoisotopic (exact) mass is 428 g/mol. The average molecular weight is 429 g/mol. The van der Waals surface area contributed by atoms with Crippen molar-refractivity contribution in [1.29, 1.82) is 0 Å². The minimum absolute atomic E-state index is 0.0270. The Morgan fingerprint density at radius 3 is 2.25 bits per heavy atom. The summed E-state index contributed by atoms with van der Waals surface area (Å²) in [5.41, 5.74) is 4.50. The van der Waals surface area contributed by atoms with Crippen LogP contribution in [0.15, 0.2) is 72.9 Å². The first-order chi connectivity index (χ1) is 15.6. The number of rotatable bonds is 7. The average Bonchev–Trinajstić information content (AvgIpc) is 2.81. The van der Waals surface area contributed by atoms with Crippen LogP contribution in [-0.4, -0.2) is 42.0 Å². The topological polar surface area (TPSA) is 48.5 Å². The molecule has 1 saturated heterocycles. The molecule has 0 saturated carbocycles. The molecule has 166 valence electrons. The van der Waals surface area contributed by atoms with E-state index in [4.69, 9.17) is 0 Å². The van der Waals surface area contributed by atoms with Crippen molar-refractivity contribution in [3.63, 3.8) is 0 Å². The quantitative estimate of drug-likeness (QED) is 0.592. The maximum Gasteiger partial charge on any atom is 0.228 e. The fraction of sp³-hybridized carbons (Fsp3) is 0.333. The number of piperazine rings is 1. The lowest BCUT2D eigenvalue weighted by Gasteiger charge is -2.35. The van der Waals surface area contributed by atoms with Gasteiger partial charge in [0.2, 0.25) is 5.91 Å². The van der Waals surface area contributed by atoms with E-state index >= 15 is 0 Å². The largest absolute Gasteiger partial charge is 0.354 e. The Labute approximate surface area is 191 Å². The molecule has 0 radical (unpaired) electrons. The first-order valence-corrected chi connectivity index (χ1v) is 11.4. The Morgan fingerprint density at radius 1 is 0.906 bits per heavy atom. The molecular formula is C27H32N4O. The number of benzene rings is 2. The van der Waals surface area contributed by atoms with Gasteiger partial charge >= 0.3 is 0 Å². The summed E-state index contributed by atoms with van der Waals surface area (Å²) >= 11 is 0. The number of aromatic nitrogens is 1. The molecule has 0 spiro atoms. The fourth-order valence-corrected chi connectivity index (χ4v) is 4.03. The number of carbonyl (C=O) groups excluding carboxylic acids is 1. The molecule has 3 aromatic rings. The van der Waals surface area contributed by atoms with Crippen molar-refractivity contribution in [2.75, 3.05) is 36.4 Å². The zero-order valence-corrected chi connectivity index (χ0v) is 19.0. The first-order valence-electron chi connectivity index (χ1n) is 11.4. The molecule has 4 rings (SSSR count). The van der Waals surface area contributed by atoms with Crippen molar-refractivity contribution < 1.29 is 4.79 Å². The van der Waals surface area contributed by atoms with E-state index in [0.717, 1.165) is 49.8 Å². The Balaban J connectivity index is 1.25. The predicted molar refractivity (Wildman–Crippen MR) is 131 cm³/mol. The first kappa shape index (κ1) is 22.0. The fourth-order valence-electron chi connectivity index (χ4n) is 4.03. The van der Waals surface area contributed by atoms with Gasteiger partial charge in [-0.1, -0.05) is 68.4 Å². The second kappa shape index (κ2) is 10.4. The molecule has 5 nitrogen and oxygen atoms in total. The minimum atomic E-state index is -0.0270. The molecule has 2 heterocycles. The molecular weight excluding hydrogens is 396 g/mol. The molecule has 5 heteroatoms. The highest BCUT2D eigenvalue weighted by molar-refractivity contribution is 5.92. The zero-order valence-electron chi connectivity index (χ0n) is 19.0. The molecule has 1 aromatic heterocycles. The second-order valence-corrected chi connectivity index (χ2v) is 8.78. The number of amides is 1. The van der Waals surface area contributed by atoms with Crippen LogP contribution in [-0.2, 0) is 17.8 Å². The van der Waals surface area contributed by atoms with Crippen LogP contribution in [0, 0.1) is 0 Å². The smallest absolute Gasteiger partial charge is 0.228 e. The molecule has 0 aliphatic carbocycles. The normalized spacial score (nSPS) is 14.5. The molecule has 1 amide bonds. The highest BCUT2D eigenvalue weighted by Crippen LogP contribution is 2.19. The van der Waals surface area contributed by atoms with E-state index in [1.54, 1.807) is 6.20 Å². The third kappa shape index (κ3) is 5.95. The van der Waals surface area contributed by atoms with Gasteiger partial charge in [0.15, 0.2) is 0 Å². The maximum atomic E-state index is 12.3. The van der Waals surface area contributed by atoms with E-state index in [9.17, 15) is 4.79 Å². The van der Waals surface area contributed by atoms with Crippen molar-refractivity contribution in [3.8, 4) is 0 Å². The highest BCUT2D eigenvalue weighted by atomic mass is 16.1. The summed E-state index contributed by atoms with van der Waals surface area (Å²) in [6.07, 6.45) is 2.12. The Bertz CT molecular complexity index is 992. The van der Waals surface area contributed by atoms with Crippen LogP contribution in [0.1, 0.15) is 36.5 Å². The summed E-state index contributed by atoms with van der Waals surface area (Å²) in [4.78, 5) is 21.7. The van der Waals surface area contributed by atoms with E-state index in [1.807, 2.05) is 42.5 Å². The lowest BCUT2D eigenvalue weighted by Crippen LogP contribution is -2.46. The van der Waals surface area contributed by atoms with E-state index in [1.165, 1.54) is 11.1 Å². The van der Waals surface area contributed by atoms with Crippen molar-refractivity contribution in [2.24, 2.45) is 0 Å². The van der Waals surface area contributed by atoms with Crippen molar-refractivity contribution in [1.82, 2.24) is 9.88 Å². The van der Waals surface area contributed by atoms with Gasteiger partial charge in [-0.2, -0.15) is 0 Å². The lowest BCUT2D eigenvalue weighted by atomic mass is 10.0. The van der Waals surface area contributed by atoms with Gasteiger partial charge in [-0.25, -0.2) is 4.98 Å². The molecule has 2 aromatic carbocycles. The summed E-state index contributed by atoms with van der Waals surface area (Å²) < 4.78 is 0. The Kier molecular flexibility index (Phi) is 7.17. The maximum absolute atomic E-state index is 12.3. The number of carbonyl (C=O) groups is 1. The number of hydrogen-bond donors (Lipinski definition) is 1. The molecule has 0 atom stereocenters. The molecule has 1 fully saturated rings. The Morgan fingerprint density at radius 2 is 1.62 bits per heavy atom. The molecule has 0 bridgehead atoms. The summed E-state index contributed by atoms with van der Waals surface area (Å²) in [7, 11) is 0. The van der Waals surface area contributed by atoms with Crippen molar-refractivity contribution in [3.05, 3.63) is 89.6 Å². The number of hydrogen-bond acceptors (Lipinski definition) is 4. The van der Waals surface area contributed by atoms with E-state index < -0.39 is 0 Å². The number of nitrogens with zero attached hydrogens (tertiary/aromatic N) is 3. The van der Waals surface area contributed by atoms with Gasteiger partial charge in [0.25, 0.3) is 0 Å². The van der Waals surface area contributed by atoms with Crippen LogP contribution in [0.4, 0.5) is 11.5 Å². The van der Waals surface area contributed by atoms with E-state index in [0.29, 0.717) is 12.3 Å². The third-order valence-electron chi connectivity index (χ3n) is 5.99. The van der Waals surface area contributed by atoms with Gasteiger partial charge < -0.3 is 10.2 Å². The lowest BCUT2D eigenvalue weighted by molar-refractivity contribution is -0.115. The number of anilines is 2. The number of pyridine rings is 1. The van der Waals surface area contributed by atoms with Gasteiger partial charge in [0, 0.05) is 32.7 Å². The molecule has 1 aliphatic heterocycles. The van der Waals surface area contributed by atoms with E-state index in [2.05, 4.69) is 58.2 Å². The van der Waals surface area contributed by atoms with Crippen LogP contribution in [0.3, 0.4) is 0 Å².